The standard InChI is InChI=1S/C26H33BrClN3O5/c1-31-15-23(10-25(31)26(32)33)35-5-4-34-21-6-17(11-29-12-18-13-30-14-18)7-22(9-21)36-16-19-2-3-20(28)8-24(19)27/h2-3,6-9,18,23,25,29-30H,4-5,10-16H2,1H3,(H,32,33). The molecule has 2 unspecified atom stereocenters. The van der Waals surface area contributed by atoms with Crippen LogP contribution < -0.4 is 20.1 Å². The summed E-state index contributed by atoms with van der Waals surface area (Å²) in [6, 6.07) is 11.1. The van der Waals surface area contributed by atoms with Gasteiger partial charge in [-0.1, -0.05) is 33.6 Å². The second-order valence-corrected chi connectivity index (χ2v) is 10.7. The van der Waals surface area contributed by atoms with Crippen molar-refractivity contribution < 1.29 is 24.1 Å². The van der Waals surface area contributed by atoms with Gasteiger partial charge in [0.15, 0.2) is 0 Å². The Balaban J connectivity index is 1.32. The lowest BCUT2D eigenvalue weighted by atomic mass is 10.0. The maximum Gasteiger partial charge on any atom is 0.321 e. The Morgan fingerprint density at radius 1 is 1.19 bits per heavy atom. The molecule has 0 aliphatic carbocycles. The Morgan fingerprint density at radius 3 is 2.64 bits per heavy atom. The van der Waals surface area contributed by atoms with E-state index in [0.29, 0.717) is 49.5 Å². The average Bonchev–Trinajstić information content (AvgIpc) is 3.18. The van der Waals surface area contributed by atoms with Gasteiger partial charge in [-0.05, 0) is 42.8 Å². The van der Waals surface area contributed by atoms with E-state index < -0.39 is 12.0 Å². The first kappa shape index (κ1) is 27.2. The molecule has 2 heterocycles. The number of hydrogen-bond donors (Lipinski definition) is 3. The van der Waals surface area contributed by atoms with Crippen LogP contribution in [0.1, 0.15) is 17.5 Å². The molecule has 0 spiro atoms. The molecule has 2 saturated heterocycles. The molecule has 0 bridgehead atoms. The van der Waals surface area contributed by atoms with Crippen molar-refractivity contribution in [2.75, 3.05) is 46.4 Å². The molecule has 2 aliphatic rings. The van der Waals surface area contributed by atoms with E-state index in [2.05, 4.69) is 26.6 Å². The third-order valence-electron chi connectivity index (χ3n) is 6.48. The SMILES string of the molecule is CN1CC(OCCOc2cc(CNCC3CNC3)cc(OCc3ccc(Cl)cc3Br)c2)CC1C(=O)O. The van der Waals surface area contributed by atoms with Gasteiger partial charge in [-0.25, -0.2) is 0 Å². The van der Waals surface area contributed by atoms with Gasteiger partial charge in [0, 0.05) is 60.3 Å². The van der Waals surface area contributed by atoms with E-state index in [1.54, 1.807) is 0 Å². The van der Waals surface area contributed by atoms with Crippen molar-refractivity contribution in [3.05, 3.63) is 57.0 Å². The number of aliphatic carboxylic acids is 1. The van der Waals surface area contributed by atoms with Crippen LogP contribution in [0.3, 0.4) is 0 Å². The van der Waals surface area contributed by atoms with Crippen LogP contribution in [-0.2, 0) is 22.7 Å². The number of benzene rings is 2. The Morgan fingerprint density at radius 2 is 1.97 bits per heavy atom. The number of nitrogens with zero attached hydrogens (tertiary/aromatic N) is 1. The minimum atomic E-state index is -0.808. The minimum Gasteiger partial charge on any atom is -0.491 e. The van der Waals surface area contributed by atoms with Gasteiger partial charge in [0.1, 0.15) is 30.8 Å². The molecule has 10 heteroatoms. The van der Waals surface area contributed by atoms with Gasteiger partial charge >= 0.3 is 5.97 Å². The molecule has 2 atom stereocenters. The van der Waals surface area contributed by atoms with Gasteiger partial charge in [-0.15, -0.1) is 0 Å². The number of rotatable bonds is 13. The summed E-state index contributed by atoms with van der Waals surface area (Å²) in [5, 5.41) is 16.8. The molecule has 2 aliphatic heterocycles. The van der Waals surface area contributed by atoms with E-state index in [1.165, 1.54) is 0 Å². The maximum absolute atomic E-state index is 11.3. The van der Waals surface area contributed by atoms with Crippen molar-refractivity contribution >= 4 is 33.5 Å². The number of carboxylic acids is 1. The van der Waals surface area contributed by atoms with Crippen LogP contribution in [0.2, 0.25) is 5.02 Å². The summed E-state index contributed by atoms with van der Waals surface area (Å²) in [6.07, 6.45) is 0.384. The number of ether oxygens (including phenoxy) is 3. The van der Waals surface area contributed by atoms with Crippen LogP contribution in [-0.4, -0.2) is 74.6 Å². The first-order valence-electron chi connectivity index (χ1n) is 12.2. The number of likely N-dealkylation sites (tertiary alicyclic amines) is 1. The third-order valence-corrected chi connectivity index (χ3v) is 7.45. The zero-order valence-electron chi connectivity index (χ0n) is 20.3. The monoisotopic (exact) mass is 581 g/mol. The minimum absolute atomic E-state index is 0.104. The van der Waals surface area contributed by atoms with Gasteiger partial charge in [-0.3, -0.25) is 9.69 Å². The highest BCUT2D eigenvalue weighted by atomic mass is 79.9. The molecule has 196 valence electrons. The van der Waals surface area contributed by atoms with E-state index in [0.717, 1.165) is 47.5 Å². The first-order valence-corrected chi connectivity index (χ1v) is 13.3. The lowest BCUT2D eigenvalue weighted by Gasteiger charge is -2.27. The molecule has 36 heavy (non-hydrogen) atoms. The summed E-state index contributed by atoms with van der Waals surface area (Å²) in [4.78, 5) is 13.1. The molecule has 2 aromatic rings. The second kappa shape index (κ2) is 13.1. The number of carboxylic acid groups (broad SMARTS) is 1. The summed E-state index contributed by atoms with van der Waals surface area (Å²) in [5.74, 6) is 1.30. The number of halogens is 2. The van der Waals surface area contributed by atoms with E-state index in [4.69, 9.17) is 25.8 Å². The molecule has 0 amide bonds. The Bertz CT molecular complexity index is 1040. The fourth-order valence-electron chi connectivity index (χ4n) is 4.35. The van der Waals surface area contributed by atoms with E-state index in [9.17, 15) is 9.90 Å². The number of nitrogens with one attached hydrogen (secondary N) is 2. The number of likely N-dealkylation sites (N-methyl/N-ethyl adjacent to an activating group) is 1. The van der Waals surface area contributed by atoms with Crippen LogP contribution in [0.4, 0.5) is 0 Å². The molecular formula is C26H33BrClN3O5. The zero-order valence-corrected chi connectivity index (χ0v) is 22.7. The van der Waals surface area contributed by atoms with Gasteiger partial charge in [-0.2, -0.15) is 0 Å². The molecule has 0 saturated carbocycles. The van der Waals surface area contributed by atoms with Gasteiger partial charge in [0.05, 0.1) is 12.7 Å². The smallest absolute Gasteiger partial charge is 0.321 e. The predicted molar refractivity (Wildman–Crippen MR) is 142 cm³/mol. The van der Waals surface area contributed by atoms with Crippen LogP contribution in [0.5, 0.6) is 11.5 Å². The summed E-state index contributed by atoms with van der Waals surface area (Å²) in [5.41, 5.74) is 2.07. The third kappa shape index (κ3) is 7.81. The Hall–Kier alpha value is -1.88. The van der Waals surface area contributed by atoms with Crippen LogP contribution in [0, 0.1) is 5.92 Å². The summed E-state index contributed by atoms with van der Waals surface area (Å²) < 4.78 is 18.9. The van der Waals surface area contributed by atoms with Crippen molar-refractivity contribution in [3.8, 4) is 11.5 Å². The molecule has 4 rings (SSSR count). The molecule has 8 nitrogen and oxygen atoms in total. The van der Waals surface area contributed by atoms with Crippen molar-refractivity contribution in [2.45, 2.75) is 31.7 Å². The average molecular weight is 583 g/mol. The highest BCUT2D eigenvalue weighted by Crippen LogP contribution is 2.27. The first-order chi connectivity index (χ1) is 17.4. The zero-order chi connectivity index (χ0) is 25.5. The summed E-state index contributed by atoms with van der Waals surface area (Å²) in [7, 11) is 1.81. The Labute approximate surface area is 225 Å². The van der Waals surface area contributed by atoms with E-state index in [-0.39, 0.29) is 6.10 Å². The van der Waals surface area contributed by atoms with Gasteiger partial charge in [0.25, 0.3) is 0 Å². The van der Waals surface area contributed by atoms with Crippen molar-refractivity contribution in [1.29, 1.82) is 0 Å². The Kier molecular flexibility index (Phi) is 9.87. The van der Waals surface area contributed by atoms with E-state index >= 15 is 0 Å². The number of carbonyl (C=O) groups is 1. The second-order valence-electron chi connectivity index (χ2n) is 9.36. The van der Waals surface area contributed by atoms with E-state index in [1.807, 2.05) is 48.3 Å². The summed E-state index contributed by atoms with van der Waals surface area (Å²) in [6.45, 7) is 5.55. The molecule has 2 fully saturated rings. The molecule has 0 aromatic heterocycles. The molecule has 3 N–H and O–H groups in total. The lowest BCUT2D eigenvalue weighted by Crippen LogP contribution is -2.47. The van der Waals surface area contributed by atoms with Crippen LogP contribution in [0.25, 0.3) is 0 Å². The highest BCUT2D eigenvalue weighted by molar-refractivity contribution is 9.10. The quantitative estimate of drug-likeness (QED) is 0.309. The fourth-order valence-corrected chi connectivity index (χ4v) is 5.15. The topological polar surface area (TPSA) is 92.3 Å². The van der Waals surface area contributed by atoms with Crippen molar-refractivity contribution in [1.82, 2.24) is 15.5 Å². The molecule has 2 aromatic carbocycles. The van der Waals surface area contributed by atoms with Crippen LogP contribution >= 0.6 is 27.5 Å². The van der Waals surface area contributed by atoms with Crippen LogP contribution in [0.15, 0.2) is 40.9 Å². The summed E-state index contributed by atoms with van der Waals surface area (Å²) >= 11 is 9.60. The molecule has 0 radical (unpaired) electrons. The maximum atomic E-state index is 11.3. The molecular weight excluding hydrogens is 550 g/mol. The largest absolute Gasteiger partial charge is 0.491 e. The van der Waals surface area contributed by atoms with Gasteiger partial charge < -0.3 is 30.0 Å². The normalized spacial score (nSPS) is 20.3. The van der Waals surface area contributed by atoms with Crippen molar-refractivity contribution in [3.63, 3.8) is 0 Å². The predicted octanol–water partition coefficient (Wildman–Crippen LogP) is 3.54. The number of hydrogen-bond acceptors (Lipinski definition) is 7. The lowest BCUT2D eigenvalue weighted by molar-refractivity contribution is -0.141. The van der Waals surface area contributed by atoms with Gasteiger partial charge in [0.2, 0.25) is 0 Å². The van der Waals surface area contributed by atoms with Crippen molar-refractivity contribution in [2.24, 2.45) is 5.92 Å². The fraction of sp³-hybridized carbons (Fsp3) is 0.500. The highest BCUT2D eigenvalue weighted by Gasteiger charge is 2.34.